The summed E-state index contributed by atoms with van der Waals surface area (Å²) in [6.45, 7) is 3.51. The second-order valence-electron chi connectivity index (χ2n) is 8.31. The summed E-state index contributed by atoms with van der Waals surface area (Å²) >= 11 is 0. The predicted octanol–water partition coefficient (Wildman–Crippen LogP) is 2.12. The van der Waals surface area contributed by atoms with Gasteiger partial charge < -0.3 is 14.9 Å². The Morgan fingerprint density at radius 3 is 2.47 bits per heavy atom. The largest absolute Gasteiger partial charge is 0.395 e. The maximum Gasteiger partial charge on any atom is 0.240 e. The molecule has 32 heavy (non-hydrogen) atoms. The molecule has 0 unspecified atom stereocenters. The summed E-state index contributed by atoms with van der Waals surface area (Å²) in [5.41, 5.74) is 2.77. The fourth-order valence-corrected chi connectivity index (χ4v) is 5.22. The van der Waals surface area contributed by atoms with Gasteiger partial charge in [-0.25, -0.2) is 13.1 Å². The van der Waals surface area contributed by atoms with Crippen molar-refractivity contribution in [2.75, 3.05) is 29.5 Å². The molecule has 1 aliphatic heterocycles. The summed E-state index contributed by atoms with van der Waals surface area (Å²) in [4.78, 5) is 28.9. The minimum absolute atomic E-state index is 0.0358. The average molecular weight is 458 g/mol. The molecule has 8 nitrogen and oxygen atoms in total. The normalized spacial score (nSPS) is 18.4. The van der Waals surface area contributed by atoms with Gasteiger partial charge in [0.1, 0.15) is 0 Å². The van der Waals surface area contributed by atoms with E-state index in [1.807, 2.05) is 25.1 Å². The average Bonchev–Trinajstić information content (AvgIpc) is 3.61. The van der Waals surface area contributed by atoms with Crippen molar-refractivity contribution in [3.63, 3.8) is 0 Å². The Labute approximate surface area is 187 Å². The van der Waals surface area contributed by atoms with Gasteiger partial charge in [-0.05, 0) is 55.2 Å². The third kappa shape index (κ3) is 4.28. The van der Waals surface area contributed by atoms with E-state index in [9.17, 15) is 18.0 Å². The number of benzene rings is 2. The summed E-state index contributed by atoms with van der Waals surface area (Å²) < 4.78 is 27.3. The number of aliphatic hydroxyl groups excluding tert-OH is 1. The van der Waals surface area contributed by atoms with E-state index < -0.39 is 10.0 Å². The third-order valence-electron chi connectivity index (χ3n) is 5.83. The monoisotopic (exact) mass is 457 g/mol. The molecule has 1 atom stereocenters. The smallest absolute Gasteiger partial charge is 0.240 e. The van der Waals surface area contributed by atoms with Crippen LogP contribution in [0.3, 0.4) is 0 Å². The number of rotatable bonds is 6. The van der Waals surface area contributed by atoms with Crippen molar-refractivity contribution in [3.05, 3.63) is 42.5 Å². The quantitative estimate of drug-likeness (QED) is 0.691. The molecule has 1 saturated carbocycles. The molecule has 1 aliphatic carbocycles. The number of aliphatic hydroxyl groups is 1. The van der Waals surface area contributed by atoms with Crippen molar-refractivity contribution in [2.45, 2.75) is 37.6 Å². The first-order chi connectivity index (χ1) is 15.2. The molecule has 0 bridgehead atoms. The first-order valence-electron chi connectivity index (χ1n) is 10.7. The van der Waals surface area contributed by atoms with Crippen LogP contribution in [-0.2, 0) is 19.6 Å². The van der Waals surface area contributed by atoms with Crippen molar-refractivity contribution in [3.8, 4) is 11.1 Å². The van der Waals surface area contributed by atoms with E-state index in [0.29, 0.717) is 23.5 Å². The number of nitrogens with one attached hydrogen (secondary N) is 1. The highest BCUT2D eigenvalue weighted by atomic mass is 32.2. The summed E-state index contributed by atoms with van der Waals surface area (Å²) in [6.07, 6.45) is 1.77. The number of hydrogen-bond acceptors (Lipinski definition) is 5. The molecule has 0 aromatic heterocycles. The lowest BCUT2D eigenvalue weighted by Gasteiger charge is -2.41. The van der Waals surface area contributed by atoms with Gasteiger partial charge >= 0.3 is 0 Å². The number of fused-ring (bicyclic) bond motifs is 1. The van der Waals surface area contributed by atoms with Gasteiger partial charge in [0.2, 0.25) is 21.8 Å². The number of amides is 2. The van der Waals surface area contributed by atoms with Crippen LogP contribution in [0.15, 0.2) is 47.4 Å². The standard InChI is InChI=1S/C23H27N3O5S/c1-15-14-25(23(29)17-6-7-17)22-13-19(8-9-21(22)26(15)16(2)28)18-4-3-5-20(12-18)32(30,31)24-10-11-27/h3-5,8-9,12-13,15,17,24,27H,6-7,10-11,14H2,1-2H3/t15-/m0/s1. The molecular formula is C23H27N3O5S. The van der Waals surface area contributed by atoms with Crippen molar-refractivity contribution in [1.82, 2.24) is 4.72 Å². The van der Waals surface area contributed by atoms with Crippen molar-refractivity contribution in [2.24, 2.45) is 5.92 Å². The number of carbonyl (C=O) groups excluding carboxylic acids is 2. The van der Waals surface area contributed by atoms with Crippen LogP contribution in [0.2, 0.25) is 0 Å². The Kier molecular flexibility index (Phi) is 6.07. The maximum absolute atomic E-state index is 13.0. The lowest BCUT2D eigenvalue weighted by atomic mass is 10.00. The Morgan fingerprint density at radius 1 is 1.09 bits per heavy atom. The van der Waals surface area contributed by atoms with E-state index in [1.54, 1.807) is 28.0 Å². The van der Waals surface area contributed by atoms with E-state index >= 15 is 0 Å². The second kappa shape index (κ2) is 8.65. The molecule has 0 radical (unpaired) electrons. The second-order valence-corrected chi connectivity index (χ2v) is 10.1. The maximum atomic E-state index is 13.0. The highest BCUT2D eigenvalue weighted by molar-refractivity contribution is 7.89. The molecule has 1 heterocycles. The van der Waals surface area contributed by atoms with Crippen LogP contribution in [0.4, 0.5) is 11.4 Å². The minimum Gasteiger partial charge on any atom is -0.395 e. The highest BCUT2D eigenvalue weighted by Crippen LogP contribution is 2.42. The van der Waals surface area contributed by atoms with Gasteiger partial charge in [-0.2, -0.15) is 0 Å². The van der Waals surface area contributed by atoms with Crippen LogP contribution in [-0.4, -0.2) is 51.1 Å². The fraction of sp³-hybridized carbons (Fsp3) is 0.391. The zero-order chi connectivity index (χ0) is 23.0. The molecule has 2 amide bonds. The van der Waals surface area contributed by atoms with Gasteiger partial charge in [-0.15, -0.1) is 0 Å². The van der Waals surface area contributed by atoms with Crippen molar-refractivity contribution in [1.29, 1.82) is 0 Å². The molecule has 4 rings (SSSR count). The molecule has 2 aliphatic rings. The summed E-state index contributed by atoms with van der Waals surface area (Å²) in [7, 11) is -3.75. The van der Waals surface area contributed by atoms with Crippen molar-refractivity contribution < 1.29 is 23.1 Å². The molecule has 1 fully saturated rings. The number of carbonyl (C=O) groups is 2. The van der Waals surface area contributed by atoms with Crippen LogP contribution in [0.25, 0.3) is 11.1 Å². The first kappa shape index (κ1) is 22.4. The zero-order valence-corrected chi connectivity index (χ0v) is 18.9. The van der Waals surface area contributed by atoms with Crippen LogP contribution in [0, 0.1) is 5.92 Å². The molecule has 9 heteroatoms. The Hall–Kier alpha value is -2.75. The van der Waals surface area contributed by atoms with Gasteiger partial charge in [0.05, 0.1) is 28.9 Å². The van der Waals surface area contributed by atoms with Crippen LogP contribution in [0.1, 0.15) is 26.7 Å². The lowest BCUT2D eigenvalue weighted by Crippen LogP contribution is -2.51. The van der Waals surface area contributed by atoms with E-state index in [0.717, 1.165) is 18.4 Å². The number of sulfonamides is 1. The number of nitrogens with zero attached hydrogens (tertiary/aromatic N) is 2. The van der Waals surface area contributed by atoms with Crippen LogP contribution >= 0.6 is 0 Å². The molecular weight excluding hydrogens is 430 g/mol. The van der Waals surface area contributed by atoms with Crippen molar-refractivity contribution >= 4 is 33.2 Å². The summed E-state index contributed by atoms with van der Waals surface area (Å²) in [5.74, 6) is 0.0182. The van der Waals surface area contributed by atoms with Gasteiger partial charge in [0.15, 0.2) is 0 Å². The summed E-state index contributed by atoms with van der Waals surface area (Å²) in [5, 5.41) is 8.93. The number of anilines is 2. The Balaban J connectivity index is 1.77. The molecule has 0 spiro atoms. The van der Waals surface area contributed by atoms with E-state index in [1.165, 1.54) is 13.0 Å². The van der Waals surface area contributed by atoms with Crippen LogP contribution < -0.4 is 14.5 Å². The van der Waals surface area contributed by atoms with Crippen LogP contribution in [0.5, 0.6) is 0 Å². The van der Waals surface area contributed by atoms with E-state index in [-0.39, 0.29) is 41.8 Å². The van der Waals surface area contributed by atoms with Gasteiger partial charge in [0, 0.05) is 25.9 Å². The van der Waals surface area contributed by atoms with E-state index in [4.69, 9.17) is 5.11 Å². The SMILES string of the molecule is CC(=O)N1c2ccc(-c3cccc(S(=O)(=O)NCCO)c3)cc2N(C(=O)C2CC2)C[C@@H]1C. The fourth-order valence-electron chi connectivity index (χ4n) is 4.15. The zero-order valence-electron chi connectivity index (χ0n) is 18.1. The predicted molar refractivity (Wildman–Crippen MR) is 122 cm³/mol. The third-order valence-corrected chi connectivity index (χ3v) is 7.29. The highest BCUT2D eigenvalue weighted by Gasteiger charge is 2.39. The molecule has 170 valence electrons. The summed E-state index contributed by atoms with van der Waals surface area (Å²) in [6, 6.07) is 11.9. The first-order valence-corrected chi connectivity index (χ1v) is 12.2. The van der Waals surface area contributed by atoms with E-state index in [2.05, 4.69) is 4.72 Å². The molecule has 0 saturated heterocycles. The minimum atomic E-state index is -3.75. The van der Waals surface area contributed by atoms with Gasteiger partial charge in [-0.3, -0.25) is 9.59 Å². The molecule has 2 aromatic rings. The topological polar surface area (TPSA) is 107 Å². The molecule has 2 N–H and O–H groups in total. The lowest BCUT2D eigenvalue weighted by molar-refractivity contribution is -0.120. The van der Waals surface area contributed by atoms with Gasteiger partial charge in [0.25, 0.3) is 0 Å². The Morgan fingerprint density at radius 2 is 1.81 bits per heavy atom. The van der Waals surface area contributed by atoms with Gasteiger partial charge in [-0.1, -0.05) is 18.2 Å². The molecule has 2 aromatic carbocycles. The number of hydrogen-bond donors (Lipinski definition) is 2. The Bertz CT molecular complexity index is 1160.